The predicted molar refractivity (Wildman–Crippen MR) is 90.1 cm³/mol. The summed E-state index contributed by atoms with van der Waals surface area (Å²) in [6.45, 7) is 3.88. The average Bonchev–Trinajstić information content (AvgIpc) is 3.07. The van der Waals surface area contributed by atoms with Crippen LogP contribution < -0.4 is 4.57 Å². The van der Waals surface area contributed by atoms with Gasteiger partial charge in [-0.15, -0.1) is 17.9 Å². The van der Waals surface area contributed by atoms with Gasteiger partial charge in [-0.2, -0.15) is 4.57 Å². The van der Waals surface area contributed by atoms with E-state index in [4.69, 9.17) is 12.6 Å². The van der Waals surface area contributed by atoms with Crippen LogP contribution in [0, 0.1) is 0 Å². The number of carbonyl (C=O) groups is 1. The monoisotopic (exact) mass is 332 g/mol. The van der Waals surface area contributed by atoms with Crippen LogP contribution in [0.25, 0.3) is 0 Å². The van der Waals surface area contributed by atoms with Crippen molar-refractivity contribution in [1.29, 1.82) is 0 Å². The first-order valence-corrected chi connectivity index (χ1v) is 7.96. The largest absolute Gasteiger partial charge is 0.758 e. The lowest BCUT2D eigenvalue weighted by atomic mass is 10.1. The predicted octanol–water partition coefficient (Wildman–Crippen LogP) is 2.08. The van der Waals surface area contributed by atoms with Crippen LogP contribution >= 0.6 is 11.3 Å². The lowest BCUT2D eigenvalue weighted by molar-refractivity contribution is -0.692. The van der Waals surface area contributed by atoms with E-state index in [0.29, 0.717) is 22.0 Å². The highest BCUT2D eigenvalue weighted by atomic mass is 32.1. The van der Waals surface area contributed by atoms with Crippen molar-refractivity contribution in [2.45, 2.75) is 12.6 Å². The van der Waals surface area contributed by atoms with Crippen molar-refractivity contribution >= 4 is 34.8 Å². The topological polar surface area (TPSA) is 53.5 Å². The summed E-state index contributed by atoms with van der Waals surface area (Å²) in [5.74, 6) is -0.104. The van der Waals surface area contributed by atoms with Crippen molar-refractivity contribution in [3.63, 3.8) is 0 Å². The van der Waals surface area contributed by atoms with E-state index in [0.717, 1.165) is 0 Å². The van der Waals surface area contributed by atoms with E-state index < -0.39 is 6.04 Å². The van der Waals surface area contributed by atoms with Crippen LogP contribution in [0.1, 0.15) is 21.3 Å². The summed E-state index contributed by atoms with van der Waals surface area (Å²) < 4.78 is 1.70. The molecule has 0 radical (unpaired) electrons. The van der Waals surface area contributed by atoms with E-state index in [1.165, 1.54) is 11.3 Å². The number of hydrogen-bond acceptors (Lipinski definition) is 5. The standard InChI is InChI=1S/C16H16N2O2S2/c1-2-7-17-16(21)14(15(20)13-6-4-9-22-13)18-8-3-5-12(10-18)11-19/h2-6,8-10,14,19H,1,7,11H2. The molecule has 0 bridgehead atoms. The molecule has 0 amide bonds. The van der Waals surface area contributed by atoms with E-state index in [1.807, 2.05) is 11.4 Å². The molecule has 4 nitrogen and oxygen atoms in total. The van der Waals surface area contributed by atoms with Crippen LogP contribution in [0.3, 0.4) is 0 Å². The fourth-order valence-electron chi connectivity index (χ4n) is 1.97. The van der Waals surface area contributed by atoms with Gasteiger partial charge < -0.3 is 22.7 Å². The second-order valence-corrected chi connectivity index (χ2v) is 5.90. The number of aliphatic hydroxyl groups is 1. The third kappa shape index (κ3) is 3.85. The van der Waals surface area contributed by atoms with Crippen LogP contribution in [0.4, 0.5) is 0 Å². The van der Waals surface area contributed by atoms with Gasteiger partial charge in [0, 0.05) is 11.6 Å². The van der Waals surface area contributed by atoms with E-state index >= 15 is 0 Å². The fraction of sp³-hybridized carbons (Fsp3) is 0.188. The molecule has 0 saturated carbocycles. The quantitative estimate of drug-likeness (QED) is 0.211. The zero-order chi connectivity index (χ0) is 15.9. The molecule has 0 spiro atoms. The van der Waals surface area contributed by atoms with Crippen LogP contribution in [0.15, 0.2) is 59.7 Å². The number of ketones is 1. The number of hydrogen-bond donors (Lipinski definition) is 1. The summed E-state index contributed by atoms with van der Waals surface area (Å²) >= 11 is 6.71. The number of thiophene rings is 1. The molecule has 6 heteroatoms. The Morgan fingerprint density at radius 3 is 2.95 bits per heavy atom. The zero-order valence-corrected chi connectivity index (χ0v) is 13.5. The van der Waals surface area contributed by atoms with E-state index in [2.05, 4.69) is 11.6 Å². The molecule has 0 aliphatic carbocycles. The number of pyridine rings is 1. The van der Waals surface area contributed by atoms with Crippen molar-refractivity contribution in [3.8, 4) is 0 Å². The first-order valence-electron chi connectivity index (χ1n) is 6.68. The Bertz CT molecular complexity index is 681. The second kappa shape index (κ2) is 7.93. The molecule has 0 aliphatic rings. The second-order valence-electron chi connectivity index (χ2n) is 4.53. The molecule has 22 heavy (non-hydrogen) atoms. The summed E-state index contributed by atoms with van der Waals surface area (Å²) in [5.41, 5.74) is 0.706. The van der Waals surface area contributed by atoms with E-state index in [-0.39, 0.29) is 12.4 Å². The molecule has 2 heterocycles. The molecular formula is C16H16N2O2S2. The maximum atomic E-state index is 12.8. The Morgan fingerprint density at radius 2 is 2.32 bits per heavy atom. The van der Waals surface area contributed by atoms with Gasteiger partial charge in [0.05, 0.1) is 18.0 Å². The Hall–Kier alpha value is -1.89. The SMILES string of the molecule is C=CCN=C([S-])C(C(=O)c1cccs1)[n+]1cccc(CO)c1. The molecule has 2 rings (SSSR count). The summed E-state index contributed by atoms with van der Waals surface area (Å²) in [4.78, 5) is 17.6. The van der Waals surface area contributed by atoms with E-state index in [1.54, 1.807) is 41.2 Å². The Labute approximate surface area is 138 Å². The minimum atomic E-state index is -0.694. The lowest BCUT2D eigenvalue weighted by Gasteiger charge is -2.18. The average molecular weight is 332 g/mol. The molecule has 2 aromatic rings. The first kappa shape index (κ1) is 16.5. The number of aliphatic hydroxyl groups excluding tert-OH is 1. The number of aromatic nitrogens is 1. The van der Waals surface area contributed by atoms with Crippen LogP contribution in [-0.2, 0) is 19.2 Å². The summed E-state index contributed by atoms with van der Waals surface area (Å²) in [5, 5.41) is 11.4. The molecule has 2 aromatic heterocycles. The zero-order valence-electron chi connectivity index (χ0n) is 11.9. The summed E-state index contributed by atoms with van der Waals surface area (Å²) in [6.07, 6.45) is 5.10. The van der Waals surface area contributed by atoms with Crippen LogP contribution in [0.5, 0.6) is 0 Å². The van der Waals surface area contributed by atoms with Gasteiger partial charge in [0.15, 0.2) is 12.4 Å². The molecule has 1 atom stereocenters. The minimum absolute atomic E-state index is 0.0999. The molecular weight excluding hydrogens is 316 g/mol. The highest BCUT2D eigenvalue weighted by Crippen LogP contribution is 2.16. The van der Waals surface area contributed by atoms with Crippen molar-refractivity contribution in [1.82, 2.24) is 0 Å². The number of carbonyl (C=O) groups excluding carboxylic acids is 1. The lowest BCUT2D eigenvalue weighted by Crippen LogP contribution is -2.47. The maximum absolute atomic E-state index is 12.8. The minimum Gasteiger partial charge on any atom is -0.758 e. The fourth-order valence-corrected chi connectivity index (χ4v) is 2.96. The molecule has 1 N–H and O–H groups in total. The maximum Gasteiger partial charge on any atom is 0.244 e. The van der Waals surface area contributed by atoms with Gasteiger partial charge in [-0.1, -0.05) is 12.1 Å². The van der Waals surface area contributed by atoms with Crippen molar-refractivity contribution in [2.24, 2.45) is 4.99 Å². The first-order chi connectivity index (χ1) is 10.7. The van der Waals surface area contributed by atoms with Crippen LogP contribution in [0.2, 0.25) is 0 Å². The smallest absolute Gasteiger partial charge is 0.244 e. The number of nitrogens with zero attached hydrogens (tertiary/aromatic N) is 2. The van der Waals surface area contributed by atoms with Crippen molar-refractivity contribution in [2.75, 3.05) is 6.54 Å². The van der Waals surface area contributed by atoms with Crippen molar-refractivity contribution in [3.05, 3.63) is 65.1 Å². The van der Waals surface area contributed by atoms with Gasteiger partial charge in [-0.25, -0.2) is 0 Å². The van der Waals surface area contributed by atoms with Gasteiger partial charge >= 0.3 is 0 Å². The van der Waals surface area contributed by atoms with E-state index in [9.17, 15) is 9.90 Å². The molecule has 0 aliphatic heterocycles. The Morgan fingerprint density at radius 1 is 1.50 bits per heavy atom. The van der Waals surface area contributed by atoms with Gasteiger partial charge in [-0.3, -0.25) is 4.79 Å². The van der Waals surface area contributed by atoms with Gasteiger partial charge in [-0.05, 0) is 22.6 Å². The molecule has 0 saturated heterocycles. The van der Waals surface area contributed by atoms with Crippen molar-refractivity contribution < 1.29 is 14.5 Å². The Balaban J connectivity index is 2.44. The molecule has 114 valence electrons. The number of aliphatic imine (C=N–C) groups is 1. The molecule has 0 fully saturated rings. The highest BCUT2D eigenvalue weighted by molar-refractivity contribution is 7.77. The summed E-state index contributed by atoms with van der Waals surface area (Å²) in [6, 6.07) is 6.46. The normalized spacial score (nSPS) is 12.9. The number of Topliss-reactive ketones (excluding diaryl/α,β-unsaturated/α-hetero) is 1. The third-order valence-corrected chi connectivity index (χ3v) is 4.22. The number of rotatable bonds is 7. The van der Waals surface area contributed by atoms with Crippen LogP contribution in [-0.4, -0.2) is 22.5 Å². The van der Waals surface area contributed by atoms with Gasteiger partial charge in [0.25, 0.3) is 0 Å². The van der Waals surface area contributed by atoms with Gasteiger partial charge in [0.2, 0.25) is 11.8 Å². The highest BCUT2D eigenvalue weighted by Gasteiger charge is 2.29. The molecule has 1 unspecified atom stereocenters. The Kier molecular flexibility index (Phi) is 5.94. The summed E-state index contributed by atoms with van der Waals surface area (Å²) in [7, 11) is 0. The van der Waals surface area contributed by atoms with Gasteiger partial charge in [0.1, 0.15) is 0 Å². The molecule has 0 aromatic carbocycles. The third-order valence-electron chi connectivity index (χ3n) is 2.99.